The summed E-state index contributed by atoms with van der Waals surface area (Å²) in [7, 11) is 0. The van der Waals surface area contributed by atoms with Crippen LogP contribution in [0.2, 0.25) is 0 Å². The number of hydrogen-bond donors (Lipinski definition) is 2. The molecule has 4 nitrogen and oxygen atoms in total. The highest BCUT2D eigenvalue weighted by atomic mass is 16.3. The van der Waals surface area contributed by atoms with Gasteiger partial charge < -0.3 is 10.4 Å². The Balaban J connectivity index is 1.81. The molecule has 1 amide bonds. The van der Waals surface area contributed by atoms with Gasteiger partial charge in [-0.1, -0.05) is 37.3 Å². The second-order valence-corrected chi connectivity index (χ2v) is 5.57. The largest absolute Gasteiger partial charge is 0.392 e. The first-order chi connectivity index (χ1) is 10.7. The highest BCUT2D eigenvalue weighted by molar-refractivity contribution is 5.91. The Morgan fingerprint density at radius 3 is 2.77 bits per heavy atom. The molecule has 0 radical (unpaired) electrons. The molecule has 116 valence electrons. The van der Waals surface area contributed by atoms with Gasteiger partial charge in [0.25, 0.3) is 0 Å². The molecular weight excluding hydrogens is 276 g/mol. The summed E-state index contributed by atoms with van der Waals surface area (Å²) in [4.78, 5) is 16.1. The van der Waals surface area contributed by atoms with Gasteiger partial charge in [-0.3, -0.25) is 9.78 Å². The van der Waals surface area contributed by atoms with E-state index in [-0.39, 0.29) is 12.5 Å². The topological polar surface area (TPSA) is 62.2 Å². The number of carbonyl (C=O) groups is 1. The van der Waals surface area contributed by atoms with Crippen molar-refractivity contribution < 1.29 is 9.90 Å². The van der Waals surface area contributed by atoms with Gasteiger partial charge in [-0.2, -0.15) is 0 Å². The Kier molecular flexibility index (Phi) is 6.10. The fourth-order valence-electron chi connectivity index (χ4n) is 2.35. The van der Waals surface area contributed by atoms with Gasteiger partial charge in [-0.25, -0.2) is 0 Å². The van der Waals surface area contributed by atoms with Crippen molar-refractivity contribution >= 4 is 11.6 Å². The van der Waals surface area contributed by atoms with Crippen LogP contribution < -0.4 is 5.32 Å². The maximum Gasteiger partial charge on any atom is 0.224 e. The van der Waals surface area contributed by atoms with Crippen molar-refractivity contribution in [2.45, 2.75) is 32.8 Å². The van der Waals surface area contributed by atoms with Crippen LogP contribution in [0.5, 0.6) is 0 Å². The van der Waals surface area contributed by atoms with Crippen LogP contribution in [0.15, 0.2) is 48.8 Å². The first-order valence-electron chi connectivity index (χ1n) is 7.56. The van der Waals surface area contributed by atoms with E-state index < -0.39 is 0 Å². The fourth-order valence-corrected chi connectivity index (χ4v) is 2.35. The number of aryl methyl sites for hydroxylation is 1. The first-order valence-corrected chi connectivity index (χ1v) is 7.56. The first kappa shape index (κ1) is 16.2. The van der Waals surface area contributed by atoms with Crippen LogP contribution in [0.25, 0.3) is 0 Å². The van der Waals surface area contributed by atoms with E-state index in [1.54, 1.807) is 18.5 Å². The van der Waals surface area contributed by atoms with Crippen molar-refractivity contribution in [3.63, 3.8) is 0 Å². The molecule has 1 aromatic carbocycles. The molecular formula is C18H22N2O2. The predicted molar refractivity (Wildman–Crippen MR) is 87.3 cm³/mol. The molecule has 1 atom stereocenters. The predicted octanol–water partition coefficient (Wildman–Crippen LogP) is 3.17. The van der Waals surface area contributed by atoms with Gasteiger partial charge in [-0.15, -0.1) is 0 Å². The van der Waals surface area contributed by atoms with E-state index in [1.807, 2.05) is 18.2 Å². The molecule has 2 rings (SSSR count). The molecule has 0 saturated heterocycles. The average Bonchev–Trinajstić information content (AvgIpc) is 2.54. The number of carbonyl (C=O) groups excluding carboxylic acids is 1. The molecule has 1 unspecified atom stereocenters. The molecule has 1 aromatic heterocycles. The van der Waals surface area contributed by atoms with Crippen LogP contribution >= 0.6 is 0 Å². The highest BCUT2D eigenvalue weighted by Gasteiger charge is 2.11. The van der Waals surface area contributed by atoms with E-state index in [1.165, 1.54) is 5.56 Å². The number of aliphatic hydroxyl groups excluding tert-OH is 1. The molecule has 0 aliphatic rings. The van der Waals surface area contributed by atoms with Gasteiger partial charge >= 0.3 is 0 Å². The Morgan fingerprint density at radius 2 is 2.05 bits per heavy atom. The minimum absolute atomic E-state index is 0.0386. The van der Waals surface area contributed by atoms with Gasteiger partial charge in [-0.05, 0) is 30.4 Å². The fraction of sp³-hybridized carbons (Fsp3) is 0.333. The second kappa shape index (κ2) is 8.29. The quantitative estimate of drug-likeness (QED) is 0.825. The summed E-state index contributed by atoms with van der Waals surface area (Å²) in [5.74, 6) is 0.262. The Hall–Kier alpha value is -2.20. The lowest BCUT2D eigenvalue weighted by molar-refractivity contribution is -0.117. The molecule has 2 aromatic rings. The Labute approximate surface area is 131 Å². The minimum Gasteiger partial charge on any atom is -0.392 e. The van der Waals surface area contributed by atoms with Crippen molar-refractivity contribution in [2.75, 3.05) is 5.32 Å². The van der Waals surface area contributed by atoms with Crippen molar-refractivity contribution in [1.29, 1.82) is 0 Å². The number of rotatable bonds is 7. The van der Waals surface area contributed by atoms with Gasteiger partial charge in [0.2, 0.25) is 5.91 Å². The molecule has 0 fully saturated rings. The van der Waals surface area contributed by atoms with Gasteiger partial charge in [0.05, 0.1) is 18.5 Å². The van der Waals surface area contributed by atoms with E-state index in [4.69, 9.17) is 0 Å². The number of hydrogen-bond acceptors (Lipinski definition) is 3. The number of benzene rings is 1. The molecule has 0 spiro atoms. The van der Waals surface area contributed by atoms with Crippen molar-refractivity contribution in [1.82, 2.24) is 4.98 Å². The zero-order valence-corrected chi connectivity index (χ0v) is 12.8. The summed E-state index contributed by atoms with van der Waals surface area (Å²) in [6.45, 7) is 1.97. The molecule has 2 N–H and O–H groups in total. The third-order valence-corrected chi connectivity index (χ3v) is 3.66. The number of aliphatic hydroxyl groups is 1. The zero-order chi connectivity index (χ0) is 15.8. The summed E-state index contributed by atoms with van der Waals surface area (Å²) in [6, 6.07) is 12.0. The van der Waals surface area contributed by atoms with Gasteiger partial charge in [0.1, 0.15) is 0 Å². The van der Waals surface area contributed by atoms with Crippen molar-refractivity contribution in [3.05, 3.63) is 59.9 Å². The third-order valence-electron chi connectivity index (χ3n) is 3.66. The van der Waals surface area contributed by atoms with E-state index in [0.29, 0.717) is 23.6 Å². The number of pyridine rings is 1. The van der Waals surface area contributed by atoms with Crippen molar-refractivity contribution in [3.8, 4) is 0 Å². The number of anilines is 1. The lowest BCUT2D eigenvalue weighted by Gasteiger charge is -2.13. The number of aromatic nitrogens is 1. The zero-order valence-electron chi connectivity index (χ0n) is 12.8. The Morgan fingerprint density at radius 1 is 1.27 bits per heavy atom. The Bertz CT molecular complexity index is 599. The van der Waals surface area contributed by atoms with Crippen LogP contribution in [-0.4, -0.2) is 16.0 Å². The van der Waals surface area contributed by atoms with E-state index in [9.17, 15) is 9.90 Å². The summed E-state index contributed by atoms with van der Waals surface area (Å²) in [5, 5.41) is 12.1. The number of amides is 1. The van der Waals surface area contributed by atoms with Crippen molar-refractivity contribution in [2.24, 2.45) is 5.92 Å². The molecule has 0 bridgehead atoms. The summed E-state index contributed by atoms with van der Waals surface area (Å²) < 4.78 is 0. The smallest absolute Gasteiger partial charge is 0.224 e. The monoisotopic (exact) mass is 298 g/mol. The summed E-state index contributed by atoms with van der Waals surface area (Å²) in [6.07, 6.45) is 5.58. The SMILES string of the molecule is CC(CCc1ccccc1)CC(=O)Nc1cnccc1CO. The van der Waals surface area contributed by atoms with Crippen LogP contribution in [-0.2, 0) is 17.8 Å². The maximum atomic E-state index is 12.1. The maximum absolute atomic E-state index is 12.1. The minimum atomic E-state index is -0.109. The van der Waals surface area contributed by atoms with Gasteiger partial charge in [0.15, 0.2) is 0 Å². The molecule has 1 heterocycles. The number of nitrogens with one attached hydrogen (secondary N) is 1. The molecule has 0 aliphatic carbocycles. The summed E-state index contributed by atoms with van der Waals surface area (Å²) >= 11 is 0. The third kappa shape index (κ3) is 4.97. The lowest BCUT2D eigenvalue weighted by atomic mass is 9.98. The average molecular weight is 298 g/mol. The van der Waals surface area contributed by atoms with Gasteiger partial charge in [0, 0.05) is 18.2 Å². The molecule has 0 saturated carbocycles. The second-order valence-electron chi connectivity index (χ2n) is 5.57. The van der Waals surface area contributed by atoms with E-state index in [2.05, 4.69) is 29.4 Å². The standard InChI is InChI=1S/C18H22N2O2/c1-14(7-8-15-5-3-2-4-6-15)11-18(22)20-17-12-19-10-9-16(17)13-21/h2-6,9-10,12,14,21H,7-8,11,13H2,1H3,(H,20,22). The summed E-state index contributed by atoms with van der Waals surface area (Å²) in [5.41, 5.74) is 2.56. The highest BCUT2D eigenvalue weighted by Crippen LogP contribution is 2.16. The van der Waals surface area contributed by atoms with Crippen LogP contribution in [0.1, 0.15) is 30.9 Å². The normalized spacial score (nSPS) is 11.9. The van der Waals surface area contributed by atoms with Crippen LogP contribution in [0.3, 0.4) is 0 Å². The molecule has 22 heavy (non-hydrogen) atoms. The lowest BCUT2D eigenvalue weighted by Crippen LogP contribution is -2.16. The van der Waals surface area contributed by atoms with E-state index >= 15 is 0 Å². The van der Waals surface area contributed by atoms with Crippen LogP contribution in [0.4, 0.5) is 5.69 Å². The van der Waals surface area contributed by atoms with Crippen LogP contribution in [0, 0.1) is 5.92 Å². The molecule has 4 heteroatoms. The van der Waals surface area contributed by atoms with E-state index in [0.717, 1.165) is 12.8 Å². The molecule has 0 aliphatic heterocycles. The number of nitrogens with zero attached hydrogens (tertiary/aromatic N) is 1.